The lowest BCUT2D eigenvalue weighted by molar-refractivity contribution is 0.181. The number of rotatable bonds is 9. The van der Waals surface area contributed by atoms with Gasteiger partial charge in [-0.1, -0.05) is 0 Å². The topological polar surface area (TPSA) is 109 Å². The molecule has 34 heavy (non-hydrogen) atoms. The number of fused-ring (bicyclic) bond motifs is 1. The van der Waals surface area contributed by atoms with E-state index in [9.17, 15) is 13.7 Å². The molecule has 11 heteroatoms. The summed E-state index contributed by atoms with van der Waals surface area (Å²) in [4.78, 5) is 10.5. The van der Waals surface area contributed by atoms with E-state index in [-0.39, 0.29) is 11.1 Å². The van der Waals surface area contributed by atoms with Crippen LogP contribution in [0.5, 0.6) is 0 Å². The minimum atomic E-state index is -3.84. The maximum atomic E-state index is 13.7. The van der Waals surface area contributed by atoms with Crippen molar-refractivity contribution in [2.24, 2.45) is 14.1 Å². The highest BCUT2D eigenvalue weighted by atomic mass is 32.2. The van der Waals surface area contributed by atoms with Crippen LogP contribution < -0.4 is 4.90 Å². The zero-order chi connectivity index (χ0) is 24.3. The molecular weight excluding hydrogens is 454 g/mol. The van der Waals surface area contributed by atoms with Crippen molar-refractivity contribution < 1.29 is 13.2 Å². The summed E-state index contributed by atoms with van der Waals surface area (Å²) in [6.45, 7) is 1.84. The van der Waals surface area contributed by atoms with Crippen LogP contribution in [-0.2, 0) is 41.8 Å². The first-order valence-electron chi connectivity index (χ1n) is 11.1. The summed E-state index contributed by atoms with van der Waals surface area (Å²) in [5.41, 5.74) is 3.52. The number of ether oxygens (including phenoxy) is 1. The minimum absolute atomic E-state index is 0.0298. The predicted octanol–water partition coefficient (Wildman–Crippen LogP) is 1.68. The number of sulfonamides is 1. The first-order chi connectivity index (χ1) is 16.3. The molecule has 1 aromatic carbocycles. The third kappa shape index (κ3) is 4.84. The molecule has 3 heterocycles. The molecule has 0 saturated heterocycles. The number of benzene rings is 1. The van der Waals surface area contributed by atoms with Crippen molar-refractivity contribution in [3.05, 3.63) is 60.1 Å². The van der Waals surface area contributed by atoms with Crippen molar-refractivity contribution in [3.63, 3.8) is 0 Å². The maximum Gasteiger partial charge on any atom is 0.262 e. The van der Waals surface area contributed by atoms with Crippen molar-refractivity contribution in [2.75, 3.05) is 31.7 Å². The second-order valence-corrected chi connectivity index (χ2v) is 10.4. The molecule has 0 N–H and O–H groups in total. The predicted molar refractivity (Wildman–Crippen MR) is 126 cm³/mol. The Morgan fingerprint density at radius 2 is 2.12 bits per heavy atom. The number of imidazole rings is 2. The largest absolute Gasteiger partial charge is 0.385 e. The van der Waals surface area contributed by atoms with Crippen LogP contribution in [0.2, 0.25) is 0 Å². The summed E-state index contributed by atoms with van der Waals surface area (Å²) in [5, 5.41) is 9.47. The highest BCUT2D eigenvalue weighted by Crippen LogP contribution is 2.33. The van der Waals surface area contributed by atoms with E-state index in [1.807, 2.05) is 29.9 Å². The molecule has 1 aliphatic heterocycles. The number of anilines is 1. The smallest absolute Gasteiger partial charge is 0.262 e. The monoisotopic (exact) mass is 483 g/mol. The maximum absolute atomic E-state index is 13.7. The Morgan fingerprint density at radius 1 is 1.29 bits per heavy atom. The molecule has 2 aromatic heterocycles. The van der Waals surface area contributed by atoms with Crippen LogP contribution in [0.25, 0.3) is 0 Å². The van der Waals surface area contributed by atoms with Crippen molar-refractivity contribution >= 4 is 15.7 Å². The Kier molecular flexibility index (Phi) is 7.02. The summed E-state index contributed by atoms with van der Waals surface area (Å²) in [5.74, 6) is 0. The van der Waals surface area contributed by atoms with E-state index in [4.69, 9.17) is 4.74 Å². The lowest BCUT2D eigenvalue weighted by Crippen LogP contribution is -2.51. The lowest BCUT2D eigenvalue weighted by atomic mass is 9.95. The van der Waals surface area contributed by atoms with Crippen molar-refractivity contribution in [1.82, 2.24) is 23.4 Å². The van der Waals surface area contributed by atoms with Crippen LogP contribution >= 0.6 is 0 Å². The molecule has 0 amide bonds. The van der Waals surface area contributed by atoms with E-state index in [0.717, 1.165) is 16.9 Å². The third-order valence-electron chi connectivity index (χ3n) is 6.09. The van der Waals surface area contributed by atoms with Crippen molar-refractivity contribution in [2.45, 2.75) is 30.5 Å². The Labute approximate surface area is 200 Å². The minimum Gasteiger partial charge on any atom is -0.385 e. The molecule has 0 fully saturated rings. The number of hydrogen-bond donors (Lipinski definition) is 0. The average molecular weight is 484 g/mol. The zero-order valence-electron chi connectivity index (χ0n) is 19.6. The van der Waals surface area contributed by atoms with Gasteiger partial charge in [-0.2, -0.15) is 9.57 Å². The first-order valence-corrected chi connectivity index (χ1v) is 12.5. The van der Waals surface area contributed by atoms with Gasteiger partial charge >= 0.3 is 0 Å². The number of hydrogen-bond acceptors (Lipinski definition) is 7. The quantitative estimate of drug-likeness (QED) is 0.426. The summed E-state index contributed by atoms with van der Waals surface area (Å²) < 4.78 is 37.7. The van der Waals surface area contributed by atoms with Gasteiger partial charge in [-0.15, -0.1) is 0 Å². The Balaban J connectivity index is 1.73. The summed E-state index contributed by atoms with van der Waals surface area (Å²) in [7, 11) is 1.45. The van der Waals surface area contributed by atoms with Crippen LogP contribution in [0.3, 0.4) is 0 Å². The fraction of sp³-hybridized carbons (Fsp3) is 0.435. The molecule has 180 valence electrons. The number of aromatic nitrogens is 4. The number of aryl methyl sites for hydroxylation is 2. The first kappa shape index (κ1) is 23.9. The zero-order valence-corrected chi connectivity index (χ0v) is 20.4. The fourth-order valence-corrected chi connectivity index (χ4v) is 6.00. The molecule has 0 bridgehead atoms. The summed E-state index contributed by atoms with van der Waals surface area (Å²) >= 11 is 0. The summed E-state index contributed by atoms with van der Waals surface area (Å²) in [6, 6.07) is 7.47. The van der Waals surface area contributed by atoms with Gasteiger partial charge in [0.2, 0.25) is 0 Å². The molecule has 1 aliphatic rings. The lowest BCUT2D eigenvalue weighted by Gasteiger charge is -2.40. The van der Waals surface area contributed by atoms with Gasteiger partial charge in [0.15, 0.2) is 5.03 Å². The molecule has 4 rings (SSSR count). The molecule has 0 aliphatic carbocycles. The van der Waals surface area contributed by atoms with Gasteiger partial charge in [0.1, 0.15) is 0 Å². The molecule has 0 saturated carbocycles. The van der Waals surface area contributed by atoms with Crippen molar-refractivity contribution in [1.29, 1.82) is 5.26 Å². The molecule has 0 spiro atoms. The van der Waals surface area contributed by atoms with Gasteiger partial charge in [0, 0.05) is 65.0 Å². The summed E-state index contributed by atoms with van der Waals surface area (Å²) in [6.07, 6.45) is 7.64. The molecule has 3 aromatic rings. The number of methoxy groups -OCH3 is 1. The van der Waals surface area contributed by atoms with Crippen LogP contribution in [0, 0.1) is 11.3 Å². The van der Waals surface area contributed by atoms with Crippen LogP contribution in [0.4, 0.5) is 5.69 Å². The van der Waals surface area contributed by atoms with E-state index in [1.165, 1.54) is 12.5 Å². The molecule has 10 nitrogen and oxygen atoms in total. The van der Waals surface area contributed by atoms with E-state index in [2.05, 4.69) is 20.9 Å². The molecule has 0 radical (unpaired) electrons. The van der Waals surface area contributed by atoms with Crippen LogP contribution in [-0.4, -0.2) is 64.7 Å². The van der Waals surface area contributed by atoms with Crippen LogP contribution in [0.1, 0.15) is 23.2 Å². The van der Waals surface area contributed by atoms with Crippen molar-refractivity contribution in [3.8, 4) is 6.07 Å². The Hall–Kier alpha value is -3.20. The number of nitrogens with zero attached hydrogens (tertiary/aromatic N) is 7. The number of nitriles is 1. The molecule has 1 unspecified atom stereocenters. The fourth-order valence-electron chi connectivity index (χ4n) is 4.38. The highest BCUT2D eigenvalue weighted by Gasteiger charge is 2.37. The molecule has 1 atom stereocenters. The van der Waals surface area contributed by atoms with Gasteiger partial charge in [-0.25, -0.2) is 18.4 Å². The van der Waals surface area contributed by atoms with E-state index < -0.39 is 10.0 Å². The Bertz CT molecular complexity index is 1290. The Morgan fingerprint density at radius 3 is 2.76 bits per heavy atom. The normalized spacial score (nSPS) is 16.0. The van der Waals surface area contributed by atoms with Crippen LogP contribution in [0.15, 0.2) is 48.3 Å². The highest BCUT2D eigenvalue weighted by molar-refractivity contribution is 7.89. The van der Waals surface area contributed by atoms with E-state index in [1.54, 1.807) is 35.4 Å². The van der Waals surface area contributed by atoms with E-state index in [0.29, 0.717) is 44.6 Å². The van der Waals surface area contributed by atoms with Gasteiger partial charge in [-0.3, -0.25) is 0 Å². The van der Waals surface area contributed by atoms with Gasteiger partial charge in [0.25, 0.3) is 10.0 Å². The SMILES string of the molecule is COCCCN(C1Cc2cc(C#N)ccc2N(Cc2cncn2C)C1)S(=O)(=O)c1cn(C)cn1. The standard InChI is InChI=1S/C23H29N7O3S/c1-27-15-23(26-17-27)34(31,32)30(7-4-8-33-3)20-10-19-9-18(11-24)5-6-22(19)29(13-20)14-21-12-25-16-28(21)2/h5-6,9,12,15-17,20H,4,7-8,10,13-14H2,1-3H3. The van der Waals surface area contributed by atoms with Gasteiger partial charge < -0.3 is 18.8 Å². The third-order valence-corrected chi connectivity index (χ3v) is 7.93. The van der Waals surface area contributed by atoms with Gasteiger partial charge in [-0.05, 0) is 36.6 Å². The average Bonchev–Trinajstić information content (AvgIpc) is 3.44. The second-order valence-electron chi connectivity index (χ2n) is 8.53. The van der Waals surface area contributed by atoms with Gasteiger partial charge in [0.05, 0.1) is 36.5 Å². The van der Waals surface area contributed by atoms with E-state index >= 15 is 0 Å². The second kappa shape index (κ2) is 9.97. The molecular formula is C23H29N7O3S.